The van der Waals surface area contributed by atoms with Gasteiger partial charge >= 0.3 is 0 Å². The first-order chi connectivity index (χ1) is 11.2. The smallest absolute Gasteiger partial charge is 0.0874 e. The van der Waals surface area contributed by atoms with Gasteiger partial charge in [0.1, 0.15) is 0 Å². The number of aromatic amines is 1. The van der Waals surface area contributed by atoms with Crippen LogP contribution in [0.25, 0.3) is 32.7 Å². The number of nitrogens with zero attached hydrogens (tertiary/aromatic N) is 1. The zero-order valence-electron chi connectivity index (χ0n) is 13.3. The second kappa shape index (κ2) is 5.40. The predicted octanol–water partition coefficient (Wildman–Crippen LogP) is 5.61. The van der Waals surface area contributed by atoms with Gasteiger partial charge < -0.3 is 4.98 Å². The van der Waals surface area contributed by atoms with Crippen molar-refractivity contribution in [1.29, 1.82) is 0 Å². The van der Waals surface area contributed by atoms with Crippen LogP contribution < -0.4 is 0 Å². The van der Waals surface area contributed by atoms with Gasteiger partial charge in [-0.2, -0.15) is 0 Å². The first-order valence-corrected chi connectivity index (χ1v) is 7.84. The topological polar surface area (TPSA) is 28.7 Å². The van der Waals surface area contributed by atoms with Gasteiger partial charge in [0.05, 0.1) is 16.6 Å². The minimum absolute atomic E-state index is 0.976. The van der Waals surface area contributed by atoms with Crippen LogP contribution in [0.1, 0.15) is 11.3 Å². The number of benzene rings is 3. The van der Waals surface area contributed by atoms with Crippen LogP contribution in [0.3, 0.4) is 0 Å². The van der Waals surface area contributed by atoms with Gasteiger partial charge in [-0.05, 0) is 43.0 Å². The Balaban J connectivity index is 2.38. The molecule has 4 rings (SSSR count). The highest BCUT2D eigenvalue weighted by molar-refractivity contribution is 6.05. The van der Waals surface area contributed by atoms with E-state index in [1.165, 1.54) is 21.7 Å². The molecule has 2 heteroatoms. The molecular formula is C21H18N2. The molecule has 0 bridgehead atoms. The van der Waals surface area contributed by atoms with E-state index in [-0.39, 0.29) is 0 Å². The number of hydrogen-bond acceptors (Lipinski definition) is 1. The van der Waals surface area contributed by atoms with Crippen molar-refractivity contribution in [1.82, 2.24) is 9.97 Å². The van der Waals surface area contributed by atoms with Crippen molar-refractivity contribution in [2.75, 3.05) is 0 Å². The van der Waals surface area contributed by atoms with E-state index >= 15 is 0 Å². The van der Waals surface area contributed by atoms with E-state index < -0.39 is 0 Å². The van der Waals surface area contributed by atoms with Gasteiger partial charge in [0.15, 0.2) is 0 Å². The third-order valence-corrected chi connectivity index (χ3v) is 4.24. The number of para-hydroxylation sites is 1. The molecule has 0 aliphatic rings. The van der Waals surface area contributed by atoms with Crippen molar-refractivity contribution < 1.29 is 0 Å². The average Bonchev–Trinajstić information content (AvgIpc) is 2.62. The maximum absolute atomic E-state index is 4.94. The quantitative estimate of drug-likeness (QED) is 0.449. The fraction of sp³-hybridized carbons (Fsp3) is 0.0952. The van der Waals surface area contributed by atoms with Crippen LogP contribution in [-0.4, -0.2) is 9.97 Å². The van der Waals surface area contributed by atoms with Gasteiger partial charge in [0.25, 0.3) is 0 Å². The SMILES string of the molecule is Cc1ccc2[nH]c(C)c3ccccc3c3ccccc3nc2c1. The van der Waals surface area contributed by atoms with Crippen molar-refractivity contribution in [3.8, 4) is 0 Å². The molecule has 23 heavy (non-hydrogen) atoms. The van der Waals surface area contributed by atoms with Crippen LogP contribution in [0.2, 0.25) is 0 Å². The fourth-order valence-corrected chi connectivity index (χ4v) is 3.08. The lowest BCUT2D eigenvalue weighted by Crippen LogP contribution is -1.82. The molecule has 0 unspecified atom stereocenters. The van der Waals surface area contributed by atoms with Gasteiger partial charge in [0.2, 0.25) is 0 Å². The molecule has 0 aliphatic carbocycles. The summed E-state index contributed by atoms with van der Waals surface area (Å²) in [6.07, 6.45) is 0. The lowest BCUT2D eigenvalue weighted by atomic mass is 10.1. The van der Waals surface area contributed by atoms with E-state index in [0.717, 1.165) is 22.2 Å². The van der Waals surface area contributed by atoms with E-state index in [1.54, 1.807) is 0 Å². The monoisotopic (exact) mass is 298 g/mol. The van der Waals surface area contributed by atoms with E-state index in [0.29, 0.717) is 0 Å². The summed E-state index contributed by atoms with van der Waals surface area (Å²) in [6.45, 7) is 4.22. The summed E-state index contributed by atoms with van der Waals surface area (Å²) in [5.41, 5.74) is 5.37. The van der Waals surface area contributed by atoms with E-state index in [2.05, 4.69) is 79.5 Å². The Morgan fingerprint density at radius 2 is 1.39 bits per heavy atom. The number of H-pyrrole nitrogens is 1. The maximum atomic E-state index is 4.94. The molecule has 0 saturated carbocycles. The van der Waals surface area contributed by atoms with Gasteiger partial charge in [-0.15, -0.1) is 0 Å². The number of aryl methyl sites for hydroxylation is 2. The van der Waals surface area contributed by atoms with Crippen molar-refractivity contribution in [2.45, 2.75) is 13.8 Å². The van der Waals surface area contributed by atoms with Crippen LogP contribution in [-0.2, 0) is 0 Å². The normalized spacial score (nSPS) is 11.0. The number of nitrogens with one attached hydrogen (secondary N) is 1. The summed E-state index contributed by atoms with van der Waals surface area (Å²) in [5.74, 6) is 0. The van der Waals surface area contributed by atoms with Crippen LogP contribution >= 0.6 is 0 Å². The van der Waals surface area contributed by atoms with Crippen LogP contribution in [0, 0.1) is 13.8 Å². The largest absolute Gasteiger partial charge is 0.357 e. The summed E-state index contributed by atoms with van der Waals surface area (Å²) in [5, 5.41) is 3.59. The van der Waals surface area contributed by atoms with Crippen LogP contribution in [0.15, 0.2) is 66.7 Å². The first-order valence-electron chi connectivity index (χ1n) is 7.84. The van der Waals surface area contributed by atoms with Crippen molar-refractivity contribution in [2.24, 2.45) is 0 Å². The highest BCUT2D eigenvalue weighted by atomic mass is 14.7. The van der Waals surface area contributed by atoms with Crippen molar-refractivity contribution >= 4 is 32.7 Å². The molecule has 0 radical (unpaired) electrons. The Labute approximate surface area is 135 Å². The zero-order chi connectivity index (χ0) is 15.8. The Bertz CT molecular complexity index is 1090. The third kappa shape index (κ3) is 2.42. The maximum Gasteiger partial charge on any atom is 0.0874 e. The molecular weight excluding hydrogens is 280 g/mol. The number of rotatable bonds is 0. The highest BCUT2D eigenvalue weighted by Crippen LogP contribution is 2.24. The molecule has 112 valence electrons. The fourth-order valence-electron chi connectivity index (χ4n) is 3.08. The predicted molar refractivity (Wildman–Crippen MR) is 98.2 cm³/mol. The minimum atomic E-state index is 0.976. The summed E-state index contributed by atoms with van der Waals surface area (Å²) < 4.78 is 0. The third-order valence-electron chi connectivity index (χ3n) is 4.24. The second-order valence-electron chi connectivity index (χ2n) is 5.95. The van der Waals surface area contributed by atoms with E-state index in [4.69, 9.17) is 4.98 Å². The summed E-state index contributed by atoms with van der Waals surface area (Å²) >= 11 is 0. The molecule has 1 aromatic heterocycles. The Morgan fingerprint density at radius 1 is 0.696 bits per heavy atom. The molecule has 1 heterocycles. The van der Waals surface area contributed by atoms with E-state index in [1.807, 2.05) is 6.07 Å². The molecule has 2 nitrogen and oxygen atoms in total. The molecule has 3 aromatic carbocycles. The number of aromatic nitrogens is 2. The van der Waals surface area contributed by atoms with Gasteiger partial charge in [-0.25, -0.2) is 4.98 Å². The standard InChI is InChI=1S/C21H18N2/c1-14-11-12-20-21(13-14)23-19-10-6-5-9-18(19)17-8-4-3-7-16(17)15(2)22-20/h3-13,22H,1-2H3. The summed E-state index contributed by atoms with van der Waals surface area (Å²) in [7, 11) is 0. The first kappa shape index (κ1) is 13.8. The number of hydrogen-bond donors (Lipinski definition) is 1. The molecule has 0 amide bonds. The van der Waals surface area contributed by atoms with Gasteiger partial charge in [-0.1, -0.05) is 48.5 Å². The zero-order valence-corrected chi connectivity index (χ0v) is 13.3. The molecule has 0 spiro atoms. The molecule has 0 saturated heterocycles. The molecule has 1 N–H and O–H groups in total. The molecule has 0 aliphatic heterocycles. The van der Waals surface area contributed by atoms with Gasteiger partial charge in [0, 0.05) is 16.5 Å². The van der Waals surface area contributed by atoms with Crippen LogP contribution in [0.4, 0.5) is 0 Å². The average molecular weight is 298 g/mol. The van der Waals surface area contributed by atoms with Crippen molar-refractivity contribution in [3.63, 3.8) is 0 Å². The van der Waals surface area contributed by atoms with E-state index in [9.17, 15) is 0 Å². The second-order valence-corrected chi connectivity index (χ2v) is 5.95. The van der Waals surface area contributed by atoms with Gasteiger partial charge in [-0.3, -0.25) is 0 Å². The Morgan fingerprint density at radius 3 is 2.22 bits per heavy atom. The summed E-state index contributed by atoms with van der Waals surface area (Å²) in [6, 6.07) is 23.2. The molecule has 0 fully saturated rings. The Hall–Kier alpha value is -2.87. The highest BCUT2D eigenvalue weighted by Gasteiger charge is 2.02. The Kier molecular flexibility index (Phi) is 3.23. The lowest BCUT2D eigenvalue weighted by Gasteiger charge is -2.00. The number of fused-ring (bicyclic) bond motifs is 4. The minimum Gasteiger partial charge on any atom is -0.357 e. The van der Waals surface area contributed by atoms with Crippen molar-refractivity contribution in [3.05, 3.63) is 78.0 Å². The lowest BCUT2D eigenvalue weighted by molar-refractivity contribution is 1.29. The molecule has 4 aromatic rings. The molecule has 0 atom stereocenters. The van der Waals surface area contributed by atoms with Crippen LogP contribution in [0.5, 0.6) is 0 Å². The summed E-state index contributed by atoms with van der Waals surface area (Å²) in [4.78, 5) is 8.48.